The van der Waals surface area contributed by atoms with Gasteiger partial charge in [0.1, 0.15) is 0 Å². The van der Waals surface area contributed by atoms with Crippen molar-refractivity contribution in [2.75, 3.05) is 18.4 Å². The maximum atomic E-state index is 12.4. The number of hydrogen-bond acceptors (Lipinski definition) is 4. The van der Waals surface area contributed by atoms with Crippen molar-refractivity contribution in [2.45, 2.75) is 44.9 Å². The number of rotatable bonds is 7. The molecule has 6 nitrogen and oxygen atoms in total. The summed E-state index contributed by atoms with van der Waals surface area (Å²) < 4.78 is 0. The largest absolute Gasteiger partial charge is 0.383 e. The normalized spacial score (nSPS) is 31.6. The van der Waals surface area contributed by atoms with E-state index in [1.165, 1.54) is 50.7 Å². The van der Waals surface area contributed by atoms with Crippen molar-refractivity contribution in [1.82, 2.24) is 5.32 Å². The van der Waals surface area contributed by atoms with E-state index in [2.05, 4.69) is 10.6 Å². The van der Waals surface area contributed by atoms with Crippen molar-refractivity contribution in [3.8, 4) is 0 Å². The molecule has 4 fully saturated rings. The molecule has 0 saturated heterocycles. The van der Waals surface area contributed by atoms with E-state index in [9.17, 15) is 14.9 Å². The molecule has 1 amide bonds. The fourth-order valence-electron chi connectivity index (χ4n) is 6.02. The van der Waals surface area contributed by atoms with Gasteiger partial charge in [-0.25, -0.2) is 0 Å². The number of non-ortho nitro benzene ring substituents is 1. The van der Waals surface area contributed by atoms with Gasteiger partial charge in [-0.1, -0.05) is 0 Å². The fraction of sp³-hybridized carbons (Fsp3) is 0.650. The highest BCUT2D eigenvalue weighted by molar-refractivity contribution is 5.76. The van der Waals surface area contributed by atoms with E-state index in [0.717, 1.165) is 23.4 Å². The molecule has 4 aliphatic rings. The van der Waals surface area contributed by atoms with Crippen molar-refractivity contribution in [3.63, 3.8) is 0 Å². The van der Waals surface area contributed by atoms with Crippen molar-refractivity contribution in [3.05, 3.63) is 34.4 Å². The average molecular weight is 357 g/mol. The minimum atomic E-state index is -0.408. The summed E-state index contributed by atoms with van der Waals surface area (Å²) in [5.41, 5.74) is 1.19. The minimum Gasteiger partial charge on any atom is -0.383 e. The van der Waals surface area contributed by atoms with Gasteiger partial charge >= 0.3 is 0 Å². The van der Waals surface area contributed by atoms with Crippen LogP contribution in [0.15, 0.2) is 24.3 Å². The van der Waals surface area contributed by atoms with Crippen LogP contribution in [0.4, 0.5) is 11.4 Å². The summed E-state index contributed by atoms with van der Waals surface area (Å²) in [4.78, 5) is 22.7. The van der Waals surface area contributed by atoms with Crippen LogP contribution in [-0.2, 0) is 4.79 Å². The molecular weight excluding hydrogens is 330 g/mol. The van der Waals surface area contributed by atoms with E-state index in [4.69, 9.17) is 0 Å². The first-order chi connectivity index (χ1) is 12.5. The van der Waals surface area contributed by atoms with Gasteiger partial charge in [0, 0.05) is 37.3 Å². The van der Waals surface area contributed by atoms with E-state index in [-0.39, 0.29) is 17.0 Å². The second-order valence-electron chi connectivity index (χ2n) is 8.68. The zero-order valence-electron chi connectivity index (χ0n) is 15.1. The Labute approximate surface area is 153 Å². The van der Waals surface area contributed by atoms with Crippen molar-refractivity contribution >= 4 is 17.3 Å². The number of amides is 1. The molecule has 0 unspecified atom stereocenters. The maximum Gasteiger partial charge on any atom is 0.269 e. The molecule has 0 aliphatic heterocycles. The van der Waals surface area contributed by atoms with Gasteiger partial charge in [0.2, 0.25) is 5.91 Å². The van der Waals surface area contributed by atoms with Gasteiger partial charge in [0.05, 0.1) is 4.92 Å². The van der Waals surface area contributed by atoms with Crippen LogP contribution >= 0.6 is 0 Å². The number of carbonyl (C=O) groups excluding carboxylic acids is 1. The summed E-state index contributed by atoms with van der Waals surface area (Å²) in [7, 11) is 0. The molecule has 1 aromatic carbocycles. The topological polar surface area (TPSA) is 84.3 Å². The highest BCUT2D eigenvalue weighted by Crippen LogP contribution is 2.61. The third-order valence-electron chi connectivity index (χ3n) is 6.56. The molecule has 140 valence electrons. The standard InChI is InChI=1S/C20H27N3O3/c24-19(13-20-10-14-7-15(11-20)9-16(8-14)12-20)22-6-5-21-17-1-3-18(4-2-17)23(25)26/h1-4,14-16,21H,5-13H2,(H,22,24). The Morgan fingerprint density at radius 2 is 1.62 bits per heavy atom. The molecule has 4 saturated carbocycles. The Bertz CT molecular complexity index is 651. The zero-order chi connectivity index (χ0) is 18.1. The first kappa shape index (κ1) is 17.3. The van der Waals surface area contributed by atoms with Crippen LogP contribution in [0.1, 0.15) is 44.9 Å². The van der Waals surface area contributed by atoms with Gasteiger partial charge in [0.25, 0.3) is 5.69 Å². The number of nitro benzene ring substituents is 1. The number of benzene rings is 1. The Hall–Kier alpha value is -2.11. The lowest BCUT2D eigenvalue weighted by atomic mass is 9.49. The number of hydrogen-bond donors (Lipinski definition) is 2. The molecule has 4 aliphatic carbocycles. The lowest BCUT2D eigenvalue weighted by molar-refractivity contribution is -0.384. The van der Waals surface area contributed by atoms with Gasteiger partial charge in [-0.3, -0.25) is 14.9 Å². The van der Waals surface area contributed by atoms with Gasteiger partial charge in [-0.2, -0.15) is 0 Å². The molecule has 2 N–H and O–H groups in total. The first-order valence-corrected chi connectivity index (χ1v) is 9.76. The number of anilines is 1. The van der Waals surface area contributed by atoms with Crippen LogP contribution in [-0.4, -0.2) is 23.9 Å². The summed E-state index contributed by atoms with van der Waals surface area (Å²) in [6.45, 7) is 1.19. The molecule has 0 heterocycles. The second-order valence-corrected chi connectivity index (χ2v) is 8.68. The number of carbonyl (C=O) groups is 1. The van der Waals surface area contributed by atoms with E-state index < -0.39 is 4.92 Å². The lowest BCUT2D eigenvalue weighted by Gasteiger charge is -2.56. The van der Waals surface area contributed by atoms with Crippen LogP contribution in [0.3, 0.4) is 0 Å². The SMILES string of the molecule is O=C(CC12CC3CC(CC(C3)C1)C2)NCCNc1ccc([N+](=O)[O-])cc1. The third kappa shape index (κ3) is 3.69. The highest BCUT2D eigenvalue weighted by atomic mass is 16.6. The van der Waals surface area contributed by atoms with Crippen LogP contribution in [0.25, 0.3) is 0 Å². The molecule has 26 heavy (non-hydrogen) atoms. The van der Waals surface area contributed by atoms with E-state index in [1.54, 1.807) is 12.1 Å². The molecular formula is C20H27N3O3. The number of nitrogens with one attached hydrogen (secondary N) is 2. The van der Waals surface area contributed by atoms with Gasteiger partial charge < -0.3 is 10.6 Å². The molecule has 4 bridgehead atoms. The fourth-order valence-corrected chi connectivity index (χ4v) is 6.02. The van der Waals surface area contributed by atoms with Crippen LogP contribution in [0, 0.1) is 33.3 Å². The molecule has 0 atom stereocenters. The highest BCUT2D eigenvalue weighted by Gasteiger charge is 2.51. The Kier molecular flexibility index (Phi) is 4.59. The van der Waals surface area contributed by atoms with Gasteiger partial charge in [0.15, 0.2) is 0 Å². The predicted molar refractivity (Wildman–Crippen MR) is 99.8 cm³/mol. The monoisotopic (exact) mass is 357 g/mol. The first-order valence-electron chi connectivity index (χ1n) is 9.76. The van der Waals surface area contributed by atoms with Crippen LogP contribution < -0.4 is 10.6 Å². The minimum absolute atomic E-state index is 0.0828. The quantitative estimate of drug-likeness (QED) is 0.442. The Morgan fingerprint density at radius 1 is 1.04 bits per heavy atom. The number of nitro groups is 1. The zero-order valence-corrected chi connectivity index (χ0v) is 15.1. The maximum absolute atomic E-state index is 12.4. The van der Waals surface area contributed by atoms with Crippen LogP contribution in [0.5, 0.6) is 0 Å². The van der Waals surface area contributed by atoms with Crippen molar-refractivity contribution < 1.29 is 9.72 Å². The summed E-state index contributed by atoms with van der Waals surface area (Å²) >= 11 is 0. The van der Waals surface area contributed by atoms with E-state index in [0.29, 0.717) is 19.5 Å². The Morgan fingerprint density at radius 3 is 2.15 bits per heavy atom. The molecule has 1 aromatic rings. The predicted octanol–water partition coefficient (Wildman–Crippen LogP) is 3.73. The lowest BCUT2D eigenvalue weighted by Crippen LogP contribution is -2.48. The van der Waals surface area contributed by atoms with E-state index >= 15 is 0 Å². The summed E-state index contributed by atoms with van der Waals surface area (Å²) in [5, 5.41) is 16.9. The molecule has 5 rings (SSSR count). The van der Waals surface area contributed by atoms with Gasteiger partial charge in [-0.05, 0) is 73.8 Å². The third-order valence-corrected chi connectivity index (χ3v) is 6.56. The average Bonchev–Trinajstić information content (AvgIpc) is 2.57. The van der Waals surface area contributed by atoms with Crippen molar-refractivity contribution in [2.24, 2.45) is 23.2 Å². The van der Waals surface area contributed by atoms with Gasteiger partial charge in [-0.15, -0.1) is 0 Å². The van der Waals surface area contributed by atoms with Crippen LogP contribution in [0.2, 0.25) is 0 Å². The summed E-state index contributed by atoms with van der Waals surface area (Å²) in [6, 6.07) is 6.34. The van der Waals surface area contributed by atoms with Crippen molar-refractivity contribution in [1.29, 1.82) is 0 Å². The van der Waals surface area contributed by atoms with E-state index in [1.807, 2.05) is 0 Å². The molecule has 0 radical (unpaired) electrons. The molecule has 6 heteroatoms. The molecule has 0 aromatic heterocycles. The second kappa shape index (κ2) is 6.89. The smallest absolute Gasteiger partial charge is 0.269 e. The Balaban J connectivity index is 1.20. The number of nitrogens with zero attached hydrogens (tertiary/aromatic N) is 1. The molecule has 0 spiro atoms. The summed E-state index contributed by atoms with van der Waals surface area (Å²) in [6.07, 6.45) is 8.67. The summed E-state index contributed by atoms with van der Waals surface area (Å²) in [5.74, 6) is 2.80.